The molecule has 0 spiro atoms. The minimum absolute atomic E-state index is 0.134. The summed E-state index contributed by atoms with van der Waals surface area (Å²) in [5.74, 6) is 0.140. The maximum Gasteiger partial charge on any atom is 0.249 e. The van der Waals surface area contributed by atoms with E-state index < -0.39 is 0 Å². The molecule has 0 saturated heterocycles. The molecule has 0 saturated carbocycles. The van der Waals surface area contributed by atoms with Gasteiger partial charge in [-0.05, 0) is 80.4 Å². The number of likely N-dealkylation sites (N-methyl/N-ethyl adjacent to an activating group) is 1. The fourth-order valence-electron chi connectivity index (χ4n) is 4.89. The van der Waals surface area contributed by atoms with Gasteiger partial charge in [-0.25, -0.2) is 19.3 Å². The van der Waals surface area contributed by atoms with Crippen molar-refractivity contribution in [2.75, 3.05) is 31.3 Å². The summed E-state index contributed by atoms with van der Waals surface area (Å²) in [6.07, 6.45) is 14.7. The number of unbranched alkanes of at least 4 members (excludes halogenated alkanes) is 1. The zero-order valence-electron chi connectivity index (χ0n) is 25.5. The van der Waals surface area contributed by atoms with Crippen molar-refractivity contribution in [3.05, 3.63) is 107 Å². The molecule has 0 aliphatic carbocycles. The van der Waals surface area contributed by atoms with E-state index in [1.807, 2.05) is 37.2 Å². The van der Waals surface area contributed by atoms with Crippen molar-refractivity contribution >= 4 is 34.4 Å². The maximum atomic E-state index is 13.7. The number of hydrogen-bond donors (Lipinski definition) is 2. The molecule has 2 aromatic heterocycles. The van der Waals surface area contributed by atoms with E-state index in [-0.39, 0.29) is 17.6 Å². The summed E-state index contributed by atoms with van der Waals surface area (Å²) in [6, 6.07) is 15.0. The minimum atomic E-state index is -0.234. The Hall–Kier alpha value is -4.43. The number of nitrogens with one attached hydrogen (secondary N) is 2. The van der Waals surface area contributed by atoms with Gasteiger partial charge in [0.25, 0.3) is 0 Å². The predicted octanol–water partition coefficient (Wildman–Crippen LogP) is 7.38. The smallest absolute Gasteiger partial charge is 0.249 e. The van der Waals surface area contributed by atoms with E-state index in [0.717, 1.165) is 59.1 Å². The first-order valence-electron chi connectivity index (χ1n) is 14.9. The van der Waals surface area contributed by atoms with Crippen LogP contribution in [0.4, 0.5) is 15.9 Å². The second-order valence-electron chi connectivity index (χ2n) is 10.9. The topological polar surface area (TPSA) is 83.0 Å². The molecular weight excluding hydrogens is 539 g/mol. The van der Waals surface area contributed by atoms with Crippen molar-refractivity contribution in [2.45, 2.75) is 52.0 Å². The van der Waals surface area contributed by atoms with Gasteiger partial charge in [0, 0.05) is 36.2 Å². The van der Waals surface area contributed by atoms with E-state index in [2.05, 4.69) is 64.8 Å². The second kappa shape index (κ2) is 15.7. The van der Waals surface area contributed by atoms with Gasteiger partial charge in [-0.3, -0.25) is 4.79 Å². The van der Waals surface area contributed by atoms with Gasteiger partial charge < -0.3 is 15.5 Å². The van der Waals surface area contributed by atoms with Crippen LogP contribution in [0.25, 0.3) is 17.0 Å². The quantitative estimate of drug-likeness (QED) is 0.151. The van der Waals surface area contributed by atoms with E-state index in [0.29, 0.717) is 18.9 Å². The van der Waals surface area contributed by atoms with E-state index >= 15 is 0 Å². The lowest BCUT2D eigenvalue weighted by Crippen LogP contribution is -2.13. The molecule has 1 unspecified atom stereocenters. The number of benzene rings is 2. The third-order valence-corrected chi connectivity index (χ3v) is 7.15. The Morgan fingerprint density at radius 3 is 2.65 bits per heavy atom. The fraction of sp³-hybridized carbons (Fsp3) is 0.314. The van der Waals surface area contributed by atoms with Gasteiger partial charge in [0.15, 0.2) is 0 Å². The average Bonchev–Trinajstić information content (AvgIpc) is 2.99. The molecule has 4 aromatic rings. The Balaban J connectivity index is 1.57. The third-order valence-electron chi connectivity index (χ3n) is 7.15. The zero-order chi connectivity index (χ0) is 30.6. The zero-order valence-corrected chi connectivity index (χ0v) is 25.5. The molecule has 7 nitrogen and oxygen atoms in total. The van der Waals surface area contributed by atoms with Crippen LogP contribution in [0.1, 0.15) is 61.4 Å². The van der Waals surface area contributed by atoms with E-state index in [9.17, 15) is 9.18 Å². The van der Waals surface area contributed by atoms with Crippen molar-refractivity contribution in [2.24, 2.45) is 0 Å². The number of pyridine rings is 1. The molecule has 0 aliphatic rings. The fourth-order valence-corrected chi connectivity index (χ4v) is 4.89. The van der Waals surface area contributed by atoms with Crippen molar-refractivity contribution in [3.8, 4) is 0 Å². The van der Waals surface area contributed by atoms with Crippen LogP contribution >= 0.6 is 0 Å². The molecule has 2 N–H and O–H groups in total. The van der Waals surface area contributed by atoms with E-state index in [1.54, 1.807) is 24.7 Å². The van der Waals surface area contributed by atoms with E-state index in [4.69, 9.17) is 4.98 Å². The highest BCUT2D eigenvalue weighted by Crippen LogP contribution is 2.31. The number of nitrogens with zero attached hydrogens (tertiary/aromatic N) is 4. The largest absolute Gasteiger partial charge is 0.380 e. The molecule has 224 valence electrons. The van der Waals surface area contributed by atoms with Crippen LogP contribution in [0.15, 0.2) is 79.3 Å². The van der Waals surface area contributed by atoms with Gasteiger partial charge in [0.05, 0.1) is 17.4 Å². The van der Waals surface area contributed by atoms with Crippen LogP contribution in [-0.4, -0.2) is 46.4 Å². The summed E-state index contributed by atoms with van der Waals surface area (Å²) in [7, 11) is 3.90. The summed E-state index contributed by atoms with van der Waals surface area (Å²) in [6.45, 7) is 5.54. The highest BCUT2D eigenvalue weighted by atomic mass is 19.1. The maximum absolute atomic E-state index is 13.7. The Labute approximate surface area is 254 Å². The summed E-state index contributed by atoms with van der Waals surface area (Å²) >= 11 is 0. The van der Waals surface area contributed by atoms with Crippen LogP contribution in [0.3, 0.4) is 0 Å². The Morgan fingerprint density at radius 2 is 1.88 bits per heavy atom. The Morgan fingerprint density at radius 1 is 1.02 bits per heavy atom. The first-order valence-corrected chi connectivity index (χ1v) is 14.9. The number of aromatic nitrogens is 3. The minimum Gasteiger partial charge on any atom is -0.380 e. The van der Waals surface area contributed by atoms with Gasteiger partial charge in [-0.2, -0.15) is 0 Å². The SMILES string of the molecule is CCC/C=C\c1cc(CC(CC)c2ncnc3cnc(NC(=O)/C=C/CN(C)C)cc23)ccc1NCc1cccc(F)c1. The third kappa shape index (κ3) is 9.28. The number of allylic oxidation sites excluding steroid dienone is 1. The van der Waals surface area contributed by atoms with Crippen LogP contribution in [0, 0.1) is 5.82 Å². The summed E-state index contributed by atoms with van der Waals surface area (Å²) in [5, 5.41) is 7.23. The van der Waals surface area contributed by atoms with Crippen molar-refractivity contribution in [1.29, 1.82) is 0 Å². The second-order valence-corrected chi connectivity index (χ2v) is 10.9. The van der Waals surface area contributed by atoms with Crippen LogP contribution in [0.5, 0.6) is 0 Å². The van der Waals surface area contributed by atoms with Crippen molar-refractivity contribution in [1.82, 2.24) is 19.9 Å². The lowest BCUT2D eigenvalue weighted by atomic mass is 9.90. The molecule has 0 fully saturated rings. The number of anilines is 2. The molecule has 0 aliphatic heterocycles. The van der Waals surface area contributed by atoms with Crippen LogP contribution in [0.2, 0.25) is 0 Å². The molecule has 0 radical (unpaired) electrons. The predicted molar refractivity (Wildman–Crippen MR) is 175 cm³/mol. The molecule has 1 atom stereocenters. The van der Waals surface area contributed by atoms with E-state index in [1.165, 1.54) is 17.7 Å². The highest BCUT2D eigenvalue weighted by molar-refractivity contribution is 5.99. The molecule has 2 heterocycles. The summed E-state index contributed by atoms with van der Waals surface area (Å²) in [5.41, 5.74) is 5.87. The van der Waals surface area contributed by atoms with Gasteiger partial charge >= 0.3 is 0 Å². The molecule has 2 aromatic carbocycles. The number of hydrogen-bond acceptors (Lipinski definition) is 6. The Kier molecular flexibility index (Phi) is 11.5. The lowest BCUT2D eigenvalue weighted by Gasteiger charge is -2.18. The normalized spacial score (nSPS) is 12.4. The number of halogens is 1. The summed E-state index contributed by atoms with van der Waals surface area (Å²) < 4.78 is 13.7. The first kappa shape index (κ1) is 31.5. The average molecular weight is 581 g/mol. The number of amides is 1. The number of rotatable bonds is 14. The molecule has 0 bridgehead atoms. The molecule has 8 heteroatoms. The molecule has 4 rings (SSSR count). The van der Waals surface area contributed by atoms with Gasteiger partial charge in [0.2, 0.25) is 5.91 Å². The van der Waals surface area contributed by atoms with Crippen LogP contribution in [-0.2, 0) is 17.8 Å². The molecular formula is C35H41FN6O. The lowest BCUT2D eigenvalue weighted by molar-refractivity contribution is -0.111. The number of fused-ring (bicyclic) bond motifs is 1. The van der Waals surface area contributed by atoms with Crippen molar-refractivity contribution in [3.63, 3.8) is 0 Å². The van der Waals surface area contributed by atoms with Crippen molar-refractivity contribution < 1.29 is 9.18 Å². The van der Waals surface area contributed by atoms with Crippen LogP contribution < -0.4 is 10.6 Å². The highest BCUT2D eigenvalue weighted by Gasteiger charge is 2.17. The number of carbonyl (C=O) groups is 1. The monoisotopic (exact) mass is 580 g/mol. The number of carbonyl (C=O) groups excluding carboxylic acids is 1. The first-order chi connectivity index (χ1) is 20.9. The Bertz CT molecular complexity index is 1580. The molecule has 1 amide bonds. The van der Waals surface area contributed by atoms with Gasteiger partial charge in [-0.15, -0.1) is 0 Å². The molecule has 43 heavy (non-hydrogen) atoms. The van der Waals surface area contributed by atoms with Gasteiger partial charge in [0.1, 0.15) is 18.0 Å². The summed E-state index contributed by atoms with van der Waals surface area (Å²) in [4.78, 5) is 27.9. The standard InChI is InChI=1S/C35H41FN6O/c1-5-7-8-12-28-19-25(15-16-31(28)37-22-26-11-9-13-29(36)20-26)18-27(6-2)35-30-21-33(38-23-32(30)39-24-40-35)41-34(43)14-10-17-42(3)4/h8-16,19-21,23-24,27,37H,5-7,17-18,22H2,1-4H3,(H,38,41,43)/b12-8-,14-10+. The van der Waals surface area contributed by atoms with Gasteiger partial charge in [-0.1, -0.05) is 56.7 Å².